The number of carbonyl (C=O) groups is 2. The number of hydrogen-bond donors (Lipinski definition) is 2. The molecule has 0 spiro atoms. The van der Waals surface area contributed by atoms with Crippen LogP contribution < -0.4 is 5.32 Å². The molecule has 21 heavy (non-hydrogen) atoms. The average Bonchev–Trinajstić information content (AvgIpc) is 2.89. The second-order valence-corrected chi connectivity index (χ2v) is 6.34. The Morgan fingerprint density at radius 3 is 2.62 bits per heavy atom. The highest BCUT2D eigenvalue weighted by atomic mass is 32.1. The molecule has 1 aliphatic carbocycles. The number of anilines is 1. The molecule has 2 N–H and O–H groups in total. The van der Waals surface area contributed by atoms with Gasteiger partial charge in [-0.3, -0.25) is 9.59 Å². The summed E-state index contributed by atoms with van der Waals surface area (Å²) in [5.74, 6) is -2.13. The van der Waals surface area contributed by atoms with Crippen LogP contribution in [0.5, 0.6) is 0 Å². The van der Waals surface area contributed by atoms with Crippen molar-refractivity contribution in [3.05, 3.63) is 24.3 Å². The molecule has 1 aromatic heterocycles. The van der Waals surface area contributed by atoms with Gasteiger partial charge in [0.1, 0.15) is 0 Å². The number of hydrogen-bond acceptors (Lipinski definition) is 4. The number of aromatic nitrogens is 1. The van der Waals surface area contributed by atoms with Crippen LogP contribution in [0.25, 0.3) is 10.2 Å². The molecule has 1 saturated carbocycles. The third-order valence-corrected chi connectivity index (χ3v) is 4.90. The van der Waals surface area contributed by atoms with Crippen LogP contribution in [0.4, 0.5) is 5.13 Å². The maximum atomic E-state index is 12.4. The predicted molar refractivity (Wildman–Crippen MR) is 81.3 cm³/mol. The summed E-state index contributed by atoms with van der Waals surface area (Å²) >= 11 is 1.41. The molecule has 5 nitrogen and oxygen atoms in total. The van der Waals surface area contributed by atoms with Gasteiger partial charge in [0.2, 0.25) is 5.91 Å². The van der Waals surface area contributed by atoms with Gasteiger partial charge < -0.3 is 10.4 Å². The first-order valence-electron chi connectivity index (χ1n) is 7.04. The maximum Gasteiger partial charge on any atom is 0.307 e. The lowest BCUT2D eigenvalue weighted by molar-refractivity contribution is -0.147. The van der Waals surface area contributed by atoms with E-state index in [-0.39, 0.29) is 5.91 Å². The number of amides is 1. The van der Waals surface area contributed by atoms with Crippen LogP contribution in [0.3, 0.4) is 0 Å². The second-order valence-electron chi connectivity index (χ2n) is 5.31. The molecule has 3 rings (SSSR count). The highest BCUT2D eigenvalue weighted by molar-refractivity contribution is 7.22. The minimum Gasteiger partial charge on any atom is -0.481 e. The Kier molecular flexibility index (Phi) is 3.88. The fourth-order valence-electron chi connectivity index (χ4n) is 2.86. The second kappa shape index (κ2) is 5.81. The van der Waals surface area contributed by atoms with E-state index in [0.717, 1.165) is 23.1 Å². The lowest BCUT2D eigenvalue weighted by Crippen LogP contribution is -2.36. The minimum absolute atomic E-state index is 0.221. The molecule has 0 unspecified atom stereocenters. The summed E-state index contributed by atoms with van der Waals surface area (Å²) in [6.45, 7) is 0. The molecule has 1 heterocycles. The first-order chi connectivity index (χ1) is 10.1. The van der Waals surface area contributed by atoms with Crippen LogP contribution in [-0.4, -0.2) is 22.0 Å². The molecule has 1 fully saturated rings. The van der Waals surface area contributed by atoms with E-state index in [2.05, 4.69) is 10.3 Å². The van der Waals surface area contributed by atoms with Crippen molar-refractivity contribution in [1.82, 2.24) is 4.98 Å². The van der Waals surface area contributed by atoms with Crippen molar-refractivity contribution < 1.29 is 14.7 Å². The first kappa shape index (κ1) is 14.0. The van der Waals surface area contributed by atoms with Gasteiger partial charge in [-0.1, -0.05) is 36.3 Å². The molecule has 1 aromatic carbocycles. The Morgan fingerprint density at radius 1 is 1.19 bits per heavy atom. The van der Waals surface area contributed by atoms with Crippen LogP contribution in [0.15, 0.2) is 24.3 Å². The summed E-state index contributed by atoms with van der Waals surface area (Å²) in [5, 5.41) is 12.6. The molecule has 6 heteroatoms. The number of nitrogens with one attached hydrogen (secondary N) is 1. The SMILES string of the molecule is O=C(O)[C@@H]1CCCC[C@H]1C(=O)Nc1nc2ccccc2s1. The number of nitrogens with zero attached hydrogens (tertiary/aromatic N) is 1. The first-order valence-corrected chi connectivity index (χ1v) is 7.86. The Hall–Kier alpha value is -1.95. The van der Waals surface area contributed by atoms with E-state index < -0.39 is 17.8 Å². The lowest BCUT2D eigenvalue weighted by atomic mass is 9.79. The standard InChI is InChI=1S/C15H16N2O3S/c18-13(9-5-1-2-6-10(9)14(19)20)17-15-16-11-7-3-4-8-12(11)21-15/h3-4,7-10H,1-2,5-6H2,(H,19,20)(H,16,17,18)/t9-,10-/m1/s1. The zero-order valence-electron chi connectivity index (χ0n) is 11.4. The summed E-state index contributed by atoms with van der Waals surface area (Å²) in [7, 11) is 0. The molecule has 1 amide bonds. The third kappa shape index (κ3) is 2.90. The van der Waals surface area contributed by atoms with Gasteiger partial charge in [0, 0.05) is 0 Å². The van der Waals surface area contributed by atoms with Crippen molar-refractivity contribution in [1.29, 1.82) is 0 Å². The van der Waals surface area contributed by atoms with Crippen LogP contribution in [0.2, 0.25) is 0 Å². The molecule has 2 atom stereocenters. The summed E-state index contributed by atoms with van der Waals surface area (Å²) < 4.78 is 1.01. The normalized spacial score (nSPS) is 22.1. The van der Waals surface area contributed by atoms with Gasteiger partial charge in [-0.15, -0.1) is 0 Å². The number of thiazole rings is 1. The minimum atomic E-state index is -0.876. The van der Waals surface area contributed by atoms with Crippen molar-refractivity contribution in [2.45, 2.75) is 25.7 Å². The van der Waals surface area contributed by atoms with E-state index in [9.17, 15) is 14.7 Å². The summed E-state index contributed by atoms with van der Waals surface area (Å²) in [4.78, 5) is 28.0. The lowest BCUT2D eigenvalue weighted by Gasteiger charge is -2.26. The number of fused-ring (bicyclic) bond motifs is 1. The van der Waals surface area contributed by atoms with Gasteiger partial charge in [-0.05, 0) is 25.0 Å². The van der Waals surface area contributed by atoms with Gasteiger partial charge in [-0.2, -0.15) is 0 Å². The molecule has 0 aliphatic heterocycles. The molecule has 110 valence electrons. The highest BCUT2D eigenvalue weighted by Crippen LogP contribution is 2.32. The third-order valence-electron chi connectivity index (χ3n) is 3.94. The van der Waals surface area contributed by atoms with Crippen molar-refractivity contribution in [2.75, 3.05) is 5.32 Å². The van der Waals surface area contributed by atoms with Crippen molar-refractivity contribution in [2.24, 2.45) is 11.8 Å². The van der Waals surface area contributed by atoms with Crippen molar-refractivity contribution >= 4 is 38.6 Å². The van der Waals surface area contributed by atoms with E-state index in [1.165, 1.54) is 11.3 Å². The van der Waals surface area contributed by atoms with Gasteiger partial charge in [0.15, 0.2) is 5.13 Å². The fourth-order valence-corrected chi connectivity index (χ4v) is 3.73. The van der Waals surface area contributed by atoms with E-state index in [4.69, 9.17) is 0 Å². The predicted octanol–water partition coefficient (Wildman–Crippen LogP) is 3.13. The smallest absolute Gasteiger partial charge is 0.307 e. The summed E-state index contributed by atoms with van der Waals surface area (Å²) in [5.41, 5.74) is 0.844. The topological polar surface area (TPSA) is 79.3 Å². The van der Waals surface area contributed by atoms with Crippen molar-refractivity contribution in [3.8, 4) is 0 Å². The number of para-hydroxylation sites is 1. The summed E-state index contributed by atoms with van der Waals surface area (Å²) in [6, 6.07) is 7.66. The Bertz CT molecular complexity index is 649. The number of rotatable bonds is 3. The Balaban J connectivity index is 1.76. The van der Waals surface area contributed by atoms with E-state index in [1.807, 2.05) is 24.3 Å². The van der Waals surface area contributed by atoms with Gasteiger partial charge in [0.05, 0.1) is 22.1 Å². The van der Waals surface area contributed by atoms with Crippen LogP contribution >= 0.6 is 11.3 Å². The molecule has 0 saturated heterocycles. The fraction of sp³-hybridized carbons (Fsp3) is 0.400. The summed E-state index contributed by atoms with van der Waals surface area (Å²) in [6.07, 6.45) is 2.99. The number of carbonyl (C=O) groups excluding carboxylic acids is 1. The quantitative estimate of drug-likeness (QED) is 0.913. The molecular formula is C15H16N2O3S. The number of aliphatic carboxylic acids is 1. The Morgan fingerprint density at radius 2 is 1.90 bits per heavy atom. The van der Waals surface area contributed by atoms with Crippen LogP contribution in [-0.2, 0) is 9.59 Å². The van der Waals surface area contributed by atoms with E-state index >= 15 is 0 Å². The maximum absolute atomic E-state index is 12.4. The van der Waals surface area contributed by atoms with Crippen LogP contribution in [0.1, 0.15) is 25.7 Å². The van der Waals surface area contributed by atoms with Crippen LogP contribution in [0, 0.1) is 11.8 Å². The number of benzene rings is 1. The number of carboxylic acids is 1. The molecular weight excluding hydrogens is 288 g/mol. The Labute approximate surface area is 126 Å². The largest absolute Gasteiger partial charge is 0.481 e. The zero-order chi connectivity index (χ0) is 14.8. The van der Waals surface area contributed by atoms with Gasteiger partial charge >= 0.3 is 5.97 Å². The molecule has 1 aliphatic rings. The van der Waals surface area contributed by atoms with Gasteiger partial charge in [-0.25, -0.2) is 4.98 Å². The molecule has 2 aromatic rings. The van der Waals surface area contributed by atoms with E-state index in [0.29, 0.717) is 18.0 Å². The van der Waals surface area contributed by atoms with Crippen molar-refractivity contribution in [3.63, 3.8) is 0 Å². The zero-order valence-corrected chi connectivity index (χ0v) is 12.2. The number of carboxylic acid groups (broad SMARTS) is 1. The van der Waals surface area contributed by atoms with E-state index in [1.54, 1.807) is 0 Å². The van der Waals surface area contributed by atoms with Gasteiger partial charge in [0.25, 0.3) is 0 Å². The highest BCUT2D eigenvalue weighted by Gasteiger charge is 2.35. The molecule has 0 bridgehead atoms. The molecule has 0 radical (unpaired) electrons. The average molecular weight is 304 g/mol. The monoisotopic (exact) mass is 304 g/mol.